The Balaban J connectivity index is 2.52. The fraction of sp³-hybridized carbons (Fsp3) is 0.357. The molecule has 3 heteroatoms. The van der Waals surface area contributed by atoms with Crippen molar-refractivity contribution in [1.29, 1.82) is 5.26 Å². The number of hydrogen-bond acceptors (Lipinski definition) is 3. The highest BCUT2D eigenvalue weighted by Crippen LogP contribution is 2.17. The summed E-state index contributed by atoms with van der Waals surface area (Å²) in [6, 6.07) is 9.74. The zero-order valence-corrected chi connectivity index (χ0v) is 10.4. The summed E-state index contributed by atoms with van der Waals surface area (Å²) in [5.74, 6) is 0.777. The summed E-state index contributed by atoms with van der Waals surface area (Å²) < 4.78 is 5.35. The molecule has 0 aliphatic heterocycles. The van der Waals surface area contributed by atoms with E-state index in [2.05, 4.69) is 25.2 Å². The van der Waals surface area contributed by atoms with Crippen LogP contribution in [-0.2, 0) is 6.54 Å². The summed E-state index contributed by atoms with van der Waals surface area (Å²) in [7, 11) is 0. The predicted octanol–water partition coefficient (Wildman–Crippen LogP) is 2.64. The molecule has 17 heavy (non-hydrogen) atoms. The van der Waals surface area contributed by atoms with Gasteiger partial charge in [-0.15, -0.1) is 0 Å². The molecule has 0 saturated heterocycles. The number of benzene rings is 1. The highest BCUT2D eigenvalue weighted by molar-refractivity contribution is 5.33. The van der Waals surface area contributed by atoms with Crippen molar-refractivity contribution in [2.45, 2.75) is 20.4 Å². The van der Waals surface area contributed by atoms with Crippen LogP contribution in [0.1, 0.15) is 19.4 Å². The topological polar surface area (TPSA) is 45.0 Å². The van der Waals surface area contributed by atoms with E-state index in [1.54, 1.807) is 0 Å². The average Bonchev–Trinajstić information content (AvgIpc) is 2.33. The maximum atomic E-state index is 8.50. The summed E-state index contributed by atoms with van der Waals surface area (Å²) >= 11 is 0. The van der Waals surface area contributed by atoms with Crippen molar-refractivity contribution in [3.63, 3.8) is 0 Å². The number of para-hydroxylation sites is 1. The van der Waals surface area contributed by atoms with Crippen molar-refractivity contribution in [2.75, 3.05) is 13.2 Å². The lowest BCUT2D eigenvalue weighted by Crippen LogP contribution is -2.14. The molecule has 90 valence electrons. The van der Waals surface area contributed by atoms with Crippen molar-refractivity contribution in [1.82, 2.24) is 5.32 Å². The smallest absolute Gasteiger partial charge is 0.174 e. The number of nitrogens with zero attached hydrogens (tertiary/aromatic N) is 1. The number of allylic oxidation sites excluding steroid dienone is 1. The van der Waals surface area contributed by atoms with Crippen LogP contribution in [0.4, 0.5) is 0 Å². The van der Waals surface area contributed by atoms with Crippen LogP contribution in [0.15, 0.2) is 35.9 Å². The summed E-state index contributed by atoms with van der Waals surface area (Å²) in [6.45, 7) is 5.82. The fourth-order valence-corrected chi connectivity index (χ4v) is 1.38. The van der Waals surface area contributed by atoms with E-state index in [-0.39, 0.29) is 6.61 Å². The lowest BCUT2D eigenvalue weighted by atomic mass is 10.2. The molecule has 1 rings (SSSR count). The Bertz CT molecular complexity index is 414. The summed E-state index contributed by atoms with van der Waals surface area (Å²) in [6.07, 6.45) is 2.14. The van der Waals surface area contributed by atoms with Gasteiger partial charge in [0.15, 0.2) is 6.61 Å². The Morgan fingerprint density at radius 3 is 2.88 bits per heavy atom. The van der Waals surface area contributed by atoms with Gasteiger partial charge in [-0.05, 0) is 19.9 Å². The fourth-order valence-electron chi connectivity index (χ4n) is 1.38. The Kier molecular flexibility index (Phi) is 5.84. The van der Waals surface area contributed by atoms with Crippen molar-refractivity contribution < 1.29 is 4.74 Å². The molecule has 1 aromatic carbocycles. The molecule has 0 fully saturated rings. The van der Waals surface area contributed by atoms with Crippen molar-refractivity contribution >= 4 is 0 Å². The van der Waals surface area contributed by atoms with Gasteiger partial charge < -0.3 is 10.1 Å². The monoisotopic (exact) mass is 230 g/mol. The van der Waals surface area contributed by atoms with Crippen LogP contribution in [0.25, 0.3) is 0 Å². The van der Waals surface area contributed by atoms with Gasteiger partial charge in [0.2, 0.25) is 0 Å². The first kappa shape index (κ1) is 13.3. The lowest BCUT2D eigenvalue weighted by molar-refractivity contribution is 0.363. The van der Waals surface area contributed by atoms with Gasteiger partial charge in [0, 0.05) is 18.7 Å². The van der Waals surface area contributed by atoms with Crippen molar-refractivity contribution in [3.05, 3.63) is 41.5 Å². The highest BCUT2D eigenvalue weighted by atomic mass is 16.5. The van der Waals surface area contributed by atoms with Crippen LogP contribution in [0, 0.1) is 11.3 Å². The summed E-state index contributed by atoms with van der Waals surface area (Å²) in [5, 5.41) is 11.8. The molecular weight excluding hydrogens is 212 g/mol. The highest BCUT2D eigenvalue weighted by Gasteiger charge is 2.01. The molecule has 1 N–H and O–H groups in total. The van der Waals surface area contributed by atoms with Crippen LogP contribution < -0.4 is 10.1 Å². The number of nitriles is 1. The number of ether oxygens (including phenoxy) is 1. The molecule has 1 aromatic rings. The van der Waals surface area contributed by atoms with Gasteiger partial charge in [-0.1, -0.05) is 29.8 Å². The minimum atomic E-state index is 0.0883. The molecule has 3 nitrogen and oxygen atoms in total. The SMILES string of the molecule is CC(C)=CCNCc1ccccc1OCC#N. The van der Waals surface area contributed by atoms with Gasteiger partial charge in [0.05, 0.1) is 0 Å². The van der Waals surface area contributed by atoms with Crippen LogP contribution in [0.5, 0.6) is 5.75 Å². The third-order valence-corrected chi connectivity index (χ3v) is 2.23. The van der Waals surface area contributed by atoms with Crippen LogP contribution in [0.2, 0.25) is 0 Å². The Morgan fingerprint density at radius 2 is 2.18 bits per heavy atom. The van der Waals surface area contributed by atoms with Gasteiger partial charge >= 0.3 is 0 Å². The maximum absolute atomic E-state index is 8.50. The quantitative estimate of drug-likeness (QED) is 0.603. The Labute approximate surface area is 103 Å². The van der Waals surface area contributed by atoms with E-state index < -0.39 is 0 Å². The van der Waals surface area contributed by atoms with Crippen molar-refractivity contribution in [2.24, 2.45) is 0 Å². The number of nitrogens with one attached hydrogen (secondary N) is 1. The maximum Gasteiger partial charge on any atom is 0.174 e. The minimum Gasteiger partial charge on any atom is -0.478 e. The van der Waals surface area contributed by atoms with E-state index in [9.17, 15) is 0 Å². The van der Waals surface area contributed by atoms with E-state index >= 15 is 0 Å². The molecule has 0 radical (unpaired) electrons. The van der Waals surface area contributed by atoms with E-state index in [1.165, 1.54) is 5.57 Å². The molecule has 0 aliphatic carbocycles. The summed E-state index contributed by atoms with van der Waals surface area (Å²) in [5.41, 5.74) is 2.37. The molecule has 0 saturated carbocycles. The molecule has 0 atom stereocenters. The normalized spacial score (nSPS) is 9.47. The van der Waals surface area contributed by atoms with E-state index in [0.29, 0.717) is 0 Å². The molecular formula is C14H18N2O. The van der Waals surface area contributed by atoms with E-state index in [0.717, 1.165) is 24.4 Å². The first-order chi connectivity index (χ1) is 8.24. The van der Waals surface area contributed by atoms with E-state index in [1.807, 2.05) is 30.3 Å². The first-order valence-corrected chi connectivity index (χ1v) is 5.65. The molecule has 0 heterocycles. The number of hydrogen-bond donors (Lipinski definition) is 1. The molecule has 0 unspecified atom stereocenters. The lowest BCUT2D eigenvalue weighted by Gasteiger charge is -2.09. The van der Waals surface area contributed by atoms with Crippen molar-refractivity contribution in [3.8, 4) is 11.8 Å². The molecule has 0 bridgehead atoms. The van der Waals surface area contributed by atoms with Gasteiger partial charge in [0.25, 0.3) is 0 Å². The standard InChI is InChI=1S/C14H18N2O/c1-12(2)7-9-16-11-13-5-3-4-6-14(13)17-10-8-15/h3-7,16H,9-11H2,1-2H3. The second kappa shape index (κ2) is 7.48. The van der Waals surface area contributed by atoms with Gasteiger partial charge in [-0.3, -0.25) is 0 Å². The van der Waals surface area contributed by atoms with Gasteiger partial charge in [-0.2, -0.15) is 5.26 Å². The average molecular weight is 230 g/mol. The van der Waals surface area contributed by atoms with Crippen LogP contribution >= 0.6 is 0 Å². The van der Waals surface area contributed by atoms with Gasteiger partial charge in [0.1, 0.15) is 11.8 Å². The zero-order chi connectivity index (χ0) is 12.5. The van der Waals surface area contributed by atoms with Crippen LogP contribution in [0.3, 0.4) is 0 Å². The Morgan fingerprint density at radius 1 is 1.41 bits per heavy atom. The number of rotatable bonds is 6. The zero-order valence-electron chi connectivity index (χ0n) is 10.4. The first-order valence-electron chi connectivity index (χ1n) is 5.65. The second-order valence-electron chi connectivity index (χ2n) is 3.97. The molecule has 0 aromatic heterocycles. The molecule has 0 spiro atoms. The van der Waals surface area contributed by atoms with Gasteiger partial charge in [-0.25, -0.2) is 0 Å². The predicted molar refractivity (Wildman–Crippen MR) is 68.7 cm³/mol. The second-order valence-corrected chi connectivity index (χ2v) is 3.97. The minimum absolute atomic E-state index is 0.0883. The Hall–Kier alpha value is -1.79. The molecule has 0 aliphatic rings. The van der Waals surface area contributed by atoms with E-state index in [4.69, 9.17) is 10.00 Å². The largest absolute Gasteiger partial charge is 0.478 e. The molecule has 0 amide bonds. The third-order valence-electron chi connectivity index (χ3n) is 2.23. The van der Waals surface area contributed by atoms with Crippen LogP contribution in [-0.4, -0.2) is 13.2 Å². The third kappa shape index (κ3) is 5.19. The summed E-state index contributed by atoms with van der Waals surface area (Å²) in [4.78, 5) is 0.